The van der Waals surface area contributed by atoms with Gasteiger partial charge in [-0.25, -0.2) is 4.79 Å². The minimum absolute atomic E-state index is 0.373. The van der Waals surface area contributed by atoms with Crippen LogP contribution in [-0.4, -0.2) is 31.3 Å². The van der Waals surface area contributed by atoms with Crippen LogP contribution in [-0.2, 0) is 4.79 Å². The number of alkyl halides is 3. The van der Waals surface area contributed by atoms with E-state index >= 15 is 0 Å². The molecule has 1 aromatic carbocycles. The number of carbonyl (C=O) groups is 2. The van der Waals surface area contributed by atoms with Gasteiger partial charge in [0.1, 0.15) is 12.3 Å². The number of benzene rings is 1. The van der Waals surface area contributed by atoms with Gasteiger partial charge in [0.25, 0.3) is 5.91 Å². The maximum absolute atomic E-state index is 11.8. The van der Waals surface area contributed by atoms with Crippen LogP contribution in [0.4, 0.5) is 18.0 Å². The molecule has 0 fully saturated rings. The number of para-hydroxylation sites is 1. The van der Waals surface area contributed by atoms with Gasteiger partial charge < -0.3 is 10.1 Å². The summed E-state index contributed by atoms with van der Waals surface area (Å²) in [6.07, 6.45) is -4.54. The summed E-state index contributed by atoms with van der Waals surface area (Å²) in [5, 5.41) is 3.22. The van der Waals surface area contributed by atoms with Crippen LogP contribution in [0.5, 0.6) is 5.75 Å². The van der Waals surface area contributed by atoms with Crippen LogP contribution < -0.4 is 15.4 Å². The number of urea groups is 1. The molecule has 0 radical (unpaired) electrons. The van der Waals surface area contributed by atoms with Gasteiger partial charge in [-0.3, -0.25) is 10.1 Å². The van der Waals surface area contributed by atoms with Gasteiger partial charge in [0, 0.05) is 0 Å². The summed E-state index contributed by atoms with van der Waals surface area (Å²) in [6.45, 7) is -2.01. The van der Waals surface area contributed by atoms with Crippen molar-refractivity contribution in [3.8, 4) is 5.75 Å². The summed E-state index contributed by atoms with van der Waals surface area (Å²) < 4.78 is 41.1. The maximum Gasteiger partial charge on any atom is 0.405 e. The number of nitrogens with one attached hydrogen (secondary N) is 2. The van der Waals surface area contributed by atoms with Gasteiger partial charge in [0.05, 0.1) is 4.47 Å². The molecule has 0 bridgehead atoms. The topological polar surface area (TPSA) is 67.4 Å². The fraction of sp³-hybridized carbons (Fsp3) is 0.273. The third-order valence-electron chi connectivity index (χ3n) is 1.90. The lowest BCUT2D eigenvalue weighted by Crippen LogP contribution is -2.44. The summed E-state index contributed by atoms with van der Waals surface area (Å²) in [7, 11) is 0. The fourth-order valence-electron chi connectivity index (χ4n) is 1.09. The molecule has 0 unspecified atom stereocenters. The summed E-state index contributed by atoms with van der Waals surface area (Å²) in [6, 6.07) is 5.45. The van der Waals surface area contributed by atoms with Crippen molar-refractivity contribution in [2.24, 2.45) is 0 Å². The molecule has 1 rings (SSSR count). The predicted molar refractivity (Wildman–Crippen MR) is 67.2 cm³/mol. The van der Waals surface area contributed by atoms with Crippen molar-refractivity contribution in [3.05, 3.63) is 28.7 Å². The average Bonchev–Trinajstić information content (AvgIpc) is 2.35. The second kappa shape index (κ2) is 7.13. The number of ether oxygens (including phenoxy) is 1. The molecule has 0 aliphatic carbocycles. The van der Waals surface area contributed by atoms with Crippen molar-refractivity contribution >= 4 is 27.9 Å². The first kappa shape index (κ1) is 16.3. The number of imide groups is 1. The van der Waals surface area contributed by atoms with Crippen molar-refractivity contribution in [1.29, 1.82) is 0 Å². The van der Waals surface area contributed by atoms with Crippen LogP contribution in [0.2, 0.25) is 0 Å². The Labute approximate surface area is 120 Å². The molecule has 20 heavy (non-hydrogen) atoms. The zero-order valence-corrected chi connectivity index (χ0v) is 11.5. The van der Waals surface area contributed by atoms with Gasteiger partial charge in [0.2, 0.25) is 0 Å². The fourth-order valence-corrected chi connectivity index (χ4v) is 1.49. The van der Waals surface area contributed by atoms with Gasteiger partial charge in [-0.15, -0.1) is 0 Å². The second-order valence-electron chi connectivity index (χ2n) is 3.57. The minimum Gasteiger partial charge on any atom is -0.483 e. The first-order valence-electron chi connectivity index (χ1n) is 5.29. The molecule has 5 nitrogen and oxygen atoms in total. The lowest BCUT2D eigenvalue weighted by atomic mass is 10.3. The molecule has 110 valence electrons. The smallest absolute Gasteiger partial charge is 0.405 e. The highest BCUT2D eigenvalue weighted by Crippen LogP contribution is 2.23. The van der Waals surface area contributed by atoms with Crippen LogP contribution >= 0.6 is 15.9 Å². The molecule has 9 heteroatoms. The zero-order chi connectivity index (χ0) is 15.2. The quantitative estimate of drug-likeness (QED) is 0.871. The lowest BCUT2D eigenvalue weighted by Gasteiger charge is -2.10. The van der Waals surface area contributed by atoms with Crippen molar-refractivity contribution in [2.75, 3.05) is 13.2 Å². The van der Waals surface area contributed by atoms with Gasteiger partial charge in [-0.1, -0.05) is 12.1 Å². The molecular formula is C11H10BrF3N2O3. The van der Waals surface area contributed by atoms with Crippen molar-refractivity contribution < 1.29 is 27.5 Å². The van der Waals surface area contributed by atoms with Crippen molar-refractivity contribution in [1.82, 2.24) is 10.6 Å². The van der Waals surface area contributed by atoms with Crippen LogP contribution in [0.1, 0.15) is 0 Å². The first-order chi connectivity index (χ1) is 9.28. The molecule has 1 aromatic rings. The Morgan fingerprint density at radius 1 is 1.25 bits per heavy atom. The Morgan fingerprint density at radius 2 is 1.90 bits per heavy atom. The summed E-state index contributed by atoms with van der Waals surface area (Å²) in [5.41, 5.74) is 0. The van der Waals surface area contributed by atoms with Crippen LogP contribution in [0.25, 0.3) is 0 Å². The Hall–Kier alpha value is -1.77. The molecule has 0 aromatic heterocycles. The largest absolute Gasteiger partial charge is 0.483 e. The minimum atomic E-state index is -4.54. The molecule has 2 N–H and O–H groups in total. The Morgan fingerprint density at radius 3 is 2.50 bits per heavy atom. The monoisotopic (exact) mass is 354 g/mol. The number of carbonyl (C=O) groups excluding carboxylic acids is 2. The molecule has 0 spiro atoms. The number of halogens is 4. The standard InChI is InChI=1S/C11H10BrF3N2O3/c12-7-3-1-2-4-8(7)20-5-9(18)17-10(19)16-6-11(13,14)15/h1-4H,5-6H2,(H2,16,17,18,19). The van der Waals surface area contributed by atoms with E-state index in [0.29, 0.717) is 10.2 Å². The third kappa shape index (κ3) is 6.41. The number of rotatable bonds is 4. The molecule has 0 heterocycles. The van der Waals surface area contributed by atoms with E-state index in [1.807, 2.05) is 0 Å². The van der Waals surface area contributed by atoms with Crippen LogP contribution in [0.15, 0.2) is 28.7 Å². The normalized spacial score (nSPS) is 10.8. The van der Waals surface area contributed by atoms with Gasteiger partial charge in [-0.2, -0.15) is 13.2 Å². The second-order valence-corrected chi connectivity index (χ2v) is 4.42. The number of amides is 3. The molecule has 0 aliphatic rings. The van der Waals surface area contributed by atoms with Crippen molar-refractivity contribution in [3.63, 3.8) is 0 Å². The molecule has 0 saturated carbocycles. The Balaban J connectivity index is 2.34. The molecule has 3 amide bonds. The summed E-state index contributed by atoms with van der Waals surface area (Å²) >= 11 is 3.18. The summed E-state index contributed by atoms with van der Waals surface area (Å²) in [4.78, 5) is 22.2. The summed E-state index contributed by atoms with van der Waals surface area (Å²) in [5.74, 6) is -0.487. The zero-order valence-electron chi connectivity index (χ0n) is 9.96. The third-order valence-corrected chi connectivity index (χ3v) is 2.55. The number of hydrogen-bond acceptors (Lipinski definition) is 3. The van der Waals surface area contributed by atoms with Crippen LogP contribution in [0, 0.1) is 0 Å². The van der Waals surface area contributed by atoms with E-state index in [0.717, 1.165) is 0 Å². The Bertz CT molecular complexity index is 494. The molecule has 0 aliphatic heterocycles. The highest BCUT2D eigenvalue weighted by atomic mass is 79.9. The molecule has 0 saturated heterocycles. The van der Waals surface area contributed by atoms with E-state index in [2.05, 4.69) is 15.9 Å². The van der Waals surface area contributed by atoms with E-state index in [4.69, 9.17) is 4.74 Å². The molecule has 0 atom stereocenters. The first-order valence-corrected chi connectivity index (χ1v) is 6.09. The SMILES string of the molecule is O=C(COc1ccccc1Br)NC(=O)NCC(F)(F)F. The van der Waals surface area contributed by atoms with Gasteiger partial charge in [-0.05, 0) is 28.1 Å². The van der Waals surface area contributed by atoms with E-state index in [1.165, 1.54) is 5.32 Å². The van der Waals surface area contributed by atoms with E-state index in [9.17, 15) is 22.8 Å². The molecular weight excluding hydrogens is 345 g/mol. The highest BCUT2D eigenvalue weighted by Gasteiger charge is 2.27. The van der Waals surface area contributed by atoms with Gasteiger partial charge in [0.15, 0.2) is 6.61 Å². The lowest BCUT2D eigenvalue weighted by molar-refractivity contribution is -0.125. The maximum atomic E-state index is 11.8. The van der Waals surface area contributed by atoms with Gasteiger partial charge >= 0.3 is 12.2 Å². The Kier molecular flexibility index (Phi) is 5.81. The predicted octanol–water partition coefficient (Wildman–Crippen LogP) is 2.22. The van der Waals surface area contributed by atoms with E-state index < -0.39 is 31.3 Å². The van der Waals surface area contributed by atoms with Crippen molar-refractivity contribution in [2.45, 2.75) is 6.18 Å². The van der Waals surface area contributed by atoms with E-state index in [-0.39, 0.29) is 0 Å². The highest BCUT2D eigenvalue weighted by molar-refractivity contribution is 9.10. The van der Waals surface area contributed by atoms with Crippen LogP contribution in [0.3, 0.4) is 0 Å². The van der Waals surface area contributed by atoms with E-state index in [1.54, 1.807) is 29.6 Å². The number of hydrogen-bond donors (Lipinski definition) is 2. The average molecular weight is 355 g/mol.